The Bertz CT molecular complexity index is 211. The molecule has 0 radical (unpaired) electrons. The number of hydrogen-bond acceptors (Lipinski definition) is 2. The lowest BCUT2D eigenvalue weighted by atomic mass is 9.83. The molecule has 2 saturated carbocycles. The Morgan fingerprint density at radius 3 is 2.47 bits per heavy atom. The van der Waals surface area contributed by atoms with Gasteiger partial charge in [-0.2, -0.15) is 0 Å². The Hall–Kier alpha value is -0.0800. The van der Waals surface area contributed by atoms with Crippen molar-refractivity contribution >= 4 is 0 Å². The molecular formula is C15H29NO. The molecule has 2 rings (SSSR count). The number of rotatable bonds is 4. The van der Waals surface area contributed by atoms with E-state index >= 15 is 0 Å². The molecule has 2 heteroatoms. The average Bonchev–Trinajstić information content (AvgIpc) is 2.38. The zero-order valence-corrected chi connectivity index (χ0v) is 11.3. The fourth-order valence-electron chi connectivity index (χ4n) is 3.53. The minimum absolute atomic E-state index is 0.00889. The van der Waals surface area contributed by atoms with Gasteiger partial charge in [-0.15, -0.1) is 0 Å². The maximum Gasteiger partial charge on any atom is 0.0540 e. The molecule has 0 aromatic rings. The molecule has 2 fully saturated rings. The first-order valence-corrected chi connectivity index (χ1v) is 7.69. The number of aliphatic hydroxyl groups excluding tert-OH is 1. The van der Waals surface area contributed by atoms with E-state index in [0.717, 1.165) is 30.7 Å². The van der Waals surface area contributed by atoms with Gasteiger partial charge in [0, 0.05) is 6.04 Å². The maximum atomic E-state index is 9.49. The molecule has 0 aliphatic heterocycles. The van der Waals surface area contributed by atoms with E-state index in [0.29, 0.717) is 0 Å². The molecule has 0 saturated heterocycles. The molecule has 100 valence electrons. The third kappa shape index (κ3) is 4.26. The minimum Gasteiger partial charge on any atom is -0.393 e. The topological polar surface area (TPSA) is 32.3 Å². The highest BCUT2D eigenvalue weighted by molar-refractivity contribution is 4.80. The first kappa shape index (κ1) is 13.4. The van der Waals surface area contributed by atoms with E-state index in [1.165, 1.54) is 51.5 Å². The van der Waals surface area contributed by atoms with Crippen LogP contribution in [0.2, 0.25) is 0 Å². The fraction of sp³-hybridized carbons (Fsp3) is 1.00. The molecule has 17 heavy (non-hydrogen) atoms. The lowest BCUT2D eigenvalue weighted by Gasteiger charge is -2.32. The second kappa shape index (κ2) is 6.75. The fourth-order valence-corrected chi connectivity index (χ4v) is 3.53. The maximum absolute atomic E-state index is 9.49. The van der Waals surface area contributed by atoms with Gasteiger partial charge in [-0.05, 0) is 56.9 Å². The molecule has 0 amide bonds. The quantitative estimate of drug-likeness (QED) is 0.790. The molecule has 0 spiro atoms. The van der Waals surface area contributed by atoms with Gasteiger partial charge in [-0.25, -0.2) is 0 Å². The van der Waals surface area contributed by atoms with Crippen LogP contribution in [0, 0.1) is 11.8 Å². The molecule has 2 nitrogen and oxygen atoms in total. The predicted molar refractivity (Wildman–Crippen MR) is 72.0 cm³/mol. The molecule has 2 N–H and O–H groups in total. The third-order valence-corrected chi connectivity index (χ3v) is 4.87. The van der Waals surface area contributed by atoms with E-state index in [2.05, 4.69) is 12.2 Å². The van der Waals surface area contributed by atoms with Gasteiger partial charge >= 0.3 is 0 Å². The van der Waals surface area contributed by atoms with Crippen molar-refractivity contribution in [1.29, 1.82) is 0 Å². The summed E-state index contributed by atoms with van der Waals surface area (Å²) in [6.45, 7) is 3.52. The number of hydrogen-bond donors (Lipinski definition) is 2. The van der Waals surface area contributed by atoms with E-state index in [1.54, 1.807) is 0 Å². The average molecular weight is 239 g/mol. The van der Waals surface area contributed by atoms with Gasteiger partial charge in [-0.3, -0.25) is 0 Å². The van der Waals surface area contributed by atoms with Crippen LogP contribution in [0.15, 0.2) is 0 Å². The van der Waals surface area contributed by atoms with Gasteiger partial charge in [0.05, 0.1) is 6.10 Å². The molecule has 2 aliphatic rings. The molecule has 0 heterocycles. The second-order valence-corrected chi connectivity index (χ2v) is 6.22. The van der Waals surface area contributed by atoms with Gasteiger partial charge in [0.2, 0.25) is 0 Å². The van der Waals surface area contributed by atoms with Crippen molar-refractivity contribution in [2.24, 2.45) is 11.8 Å². The number of aliphatic hydroxyl groups is 1. The number of nitrogens with one attached hydrogen (secondary N) is 1. The van der Waals surface area contributed by atoms with Crippen LogP contribution in [-0.2, 0) is 0 Å². The predicted octanol–water partition coefficient (Wildman–Crippen LogP) is 3.10. The van der Waals surface area contributed by atoms with E-state index in [9.17, 15) is 5.11 Å². The summed E-state index contributed by atoms with van der Waals surface area (Å²) in [5.41, 5.74) is 0. The highest BCUT2D eigenvalue weighted by atomic mass is 16.3. The summed E-state index contributed by atoms with van der Waals surface area (Å²) in [4.78, 5) is 0. The van der Waals surface area contributed by atoms with Crippen LogP contribution < -0.4 is 5.32 Å². The Balaban J connectivity index is 1.64. The van der Waals surface area contributed by atoms with E-state index in [-0.39, 0.29) is 6.10 Å². The standard InChI is InChI=1S/C15H29NO/c1-2-12-4-3-5-14(10-12)16-11-13-6-8-15(17)9-7-13/h12-17H,2-11H2,1H3. The summed E-state index contributed by atoms with van der Waals surface area (Å²) in [6.07, 6.45) is 11.5. The monoisotopic (exact) mass is 239 g/mol. The Morgan fingerprint density at radius 1 is 1.00 bits per heavy atom. The highest BCUT2D eigenvalue weighted by Gasteiger charge is 2.23. The molecule has 0 aromatic heterocycles. The van der Waals surface area contributed by atoms with Crippen LogP contribution in [0.1, 0.15) is 64.7 Å². The van der Waals surface area contributed by atoms with Gasteiger partial charge in [-0.1, -0.05) is 26.2 Å². The lowest BCUT2D eigenvalue weighted by molar-refractivity contribution is 0.106. The summed E-state index contributed by atoms with van der Waals surface area (Å²) in [5.74, 6) is 1.79. The first-order chi connectivity index (χ1) is 8.28. The highest BCUT2D eigenvalue weighted by Crippen LogP contribution is 2.28. The Kier molecular flexibility index (Phi) is 5.30. The molecule has 2 aliphatic carbocycles. The van der Waals surface area contributed by atoms with Crippen LogP contribution >= 0.6 is 0 Å². The van der Waals surface area contributed by atoms with Gasteiger partial charge in [0.25, 0.3) is 0 Å². The summed E-state index contributed by atoms with van der Waals surface area (Å²) < 4.78 is 0. The van der Waals surface area contributed by atoms with Crippen LogP contribution in [0.25, 0.3) is 0 Å². The van der Waals surface area contributed by atoms with Crippen molar-refractivity contribution in [2.75, 3.05) is 6.54 Å². The van der Waals surface area contributed by atoms with Crippen molar-refractivity contribution < 1.29 is 5.11 Å². The van der Waals surface area contributed by atoms with E-state index in [4.69, 9.17) is 0 Å². The van der Waals surface area contributed by atoms with Crippen molar-refractivity contribution in [1.82, 2.24) is 5.32 Å². The van der Waals surface area contributed by atoms with E-state index in [1.807, 2.05) is 0 Å². The van der Waals surface area contributed by atoms with Crippen LogP contribution in [0.5, 0.6) is 0 Å². The summed E-state index contributed by atoms with van der Waals surface area (Å²) >= 11 is 0. The Labute approximate surface area is 106 Å². The van der Waals surface area contributed by atoms with Gasteiger partial charge < -0.3 is 10.4 Å². The van der Waals surface area contributed by atoms with Crippen molar-refractivity contribution in [3.63, 3.8) is 0 Å². The van der Waals surface area contributed by atoms with Crippen LogP contribution in [0.3, 0.4) is 0 Å². The molecule has 2 atom stereocenters. The lowest BCUT2D eigenvalue weighted by Crippen LogP contribution is -2.38. The molecular weight excluding hydrogens is 210 g/mol. The van der Waals surface area contributed by atoms with Crippen molar-refractivity contribution in [2.45, 2.75) is 76.9 Å². The zero-order chi connectivity index (χ0) is 12.1. The van der Waals surface area contributed by atoms with Gasteiger partial charge in [0.1, 0.15) is 0 Å². The Morgan fingerprint density at radius 2 is 1.76 bits per heavy atom. The molecule has 0 aromatic carbocycles. The van der Waals surface area contributed by atoms with Gasteiger partial charge in [0.15, 0.2) is 0 Å². The normalized spacial score (nSPS) is 39.2. The molecule has 0 bridgehead atoms. The summed E-state index contributed by atoms with van der Waals surface area (Å²) in [7, 11) is 0. The van der Waals surface area contributed by atoms with Crippen molar-refractivity contribution in [3.8, 4) is 0 Å². The largest absolute Gasteiger partial charge is 0.393 e. The van der Waals surface area contributed by atoms with Crippen molar-refractivity contribution in [3.05, 3.63) is 0 Å². The third-order valence-electron chi connectivity index (χ3n) is 4.87. The van der Waals surface area contributed by atoms with Crippen LogP contribution in [0.4, 0.5) is 0 Å². The summed E-state index contributed by atoms with van der Waals surface area (Å²) in [5, 5.41) is 13.3. The van der Waals surface area contributed by atoms with E-state index < -0.39 is 0 Å². The second-order valence-electron chi connectivity index (χ2n) is 6.22. The zero-order valence-electron chi connectivity index (χ0n) is 11.3. The smallest absolute Gasteiger partial charge is 0.0540 e. The SMILES string of the molecule is CCC1CCCC(NCC2CCC(O)CC2)C1. The van der Waals surface area contributed by atoms with Crippen LogP contribution in [-0.4, -0.2) is 23.8 Å². The minimum atomic E-state index is -0.00889. The molecule has 2 unspecified atom stereocenters. The summed E-state index contributed by atoms with van der Waals surface area (Å²) in [6, 6.07) is 0.778. The first-order valence-electron chi connectivity index (χ1n) is 7.69.